The standard InChI is InChI=1S/C11H16ClN3O2/c1-15(2)3-4-17-10-8(11(14)16)5-7(13)6-9(10)12/h5-6H,3-4,13H2,1-2H3,(H2,14,16). The van der Waals surface area contributed by atoms with Gasteiger partial charge in [-0.3, -0.25) is 4.79 Å². The maximum absolute atomic E-state index is 11.2. The Labute approximate surface area is 105 Å². The molecule has 6 heteroatoms. The van der Waals surface area contributed by atoms with Crippen molar-refractivity contribution in [1.82, 2.24) is 4.90 Å². The molecule has 5 nitrogen and oxygen atoms in total. The third-order valence-electron chi connectivity index (χ3n) is 2.12. The van der Waals surface area contributed by atoms with Crippen molar-refractivity contribution in [3.8, 4) is 5.75 Å². The molecule has 17 heavy (non-hydrogen) atoms. The van der Waals surface area contributed by atoms with E-state index in [4.69, 9.17) is 27.8 Å². The predicted octanol–water partition coefficient (Wildman–Crippen LogP) is 0.962. The second-order valence-electron chi connectivity index (χ2n) is 3.90. The Morgan fingerprint density at radius 2 is 2.12 bits per heavy atom. The largest absolute Gasteiger partial charge is 0.490 e. The van der Waals surface area contributed by atoms with Crippen molar-refractivity contribution in [2.45, 2.75) is 0 Å². The lowest BCUT2D eigenvalue weighted by molar-refractivity contribution is 0.0996. The Hall–Kier alpha value is -1.46. The summed E-state index contributed by atoms with van der Waals surface area (Å²) in [6, 6.07) is 2.98. The lowest BCUT2D eigenvalue weighted by Gasteiger charge is -2.14. The van der Waals surface area contributed by atoms with Crippen molar-refractivity contribution in [3.63, 3.8) is 0 Å². The summed E-state index contributed by atoms with van der Waals surface area (Å²) in [4.78, 5) is 13.2. The average Bonchev–Trinajstić information content (AvgIpc) is 2.19. The number of hydrogen-bond donors (Lipinski definition) is 2. The van der Waals surface area contributed by atoms with Crippen molar-refractivity contribution in [2.24, 2.45) is 5.73 Å². The lowest BCUT2D eigenvalue weighted by atomic mass is 10.1. The van der Waals surface area contributed by atoms with Crippen molar-refractivity contribution < 1.29 is 9.53 Å². The van der Waals surface area contributed by atoms with Crippen LogP contribution in [0.15, 0.2) is 12.1 Å². The van der Waals surface area contributed by atoms with Crippen LogP contribution in [0.1, 0.15) is 10.4 Å². The van der Waals surface area contributed by atoms with Crippen LogP contribution in [-0.2, 0) is 0 Å². The first-order chi connectivity index (χ1) is 7.91. The van der Waals surface area contributed by atoms with Crippen LogP contribution in [0, 0.1) is 0 Å². The van der Waals surface area contributed by atoms with Crippen LogP contribution in [-0.4, -0.2) is 38.1 Å². The first-order valence-corrected chi connectivity index (χ1v) is 5.46. The number of carbonyl (C=O) groups is 1. The Bertz CT molecular complexity index is 421. The quantitative estimate of drug-likeness (QED) is 0.770. The van der Waals surface area contributed by atoms with E-state index in [1.165, 1.54) is 12.1 Å². The van der Waals surface area contributed by atoms with E-state index in [-0.39, 0.29) is 16.3 Å². The monoisotopic (exact) mass is 257 g/mol. The Morgan fingerprint density at radius 1 is 1.47 bits per heavy atom. The molecule has 0 unspecified atom stereocenters. The fraction of sp³-hybridized carbons (Fsp3) is 0.364. The molecule has 0 fully saturated rings. The SMILES string of the molecule is CN(C)CCOc1c(Cl)cc(N)cc1C(N)=O. The summed E-state index contributed by atoms with van der Waals surface area (Å²) in [5.41, 5.74) is 11.4. The van der Waals surface area contributed by atoms with Gasteiger partial charge in [0, 0.05) is 12.2 Å². The third kappa shape index (κ3) is 3.80. The van der Waals surface area contributed by atoms with Crippen molar-refractivity contribution in [2.75, 3.05) is 33.0 Å². The summed E-state index contributed by atoms with van der Waals surface area (Å²) in [7, 11) is 3.84. The van der Waals surface area contributed by atoms with Crippen LogP contribution in [0.4, 0.5) is 5.69 Å². The normalized spacial score (nSPS) is 10.6. The van der Waals surface area contributed by atoms with Crippen molar-refractivity contribution in [1.29, 1.82) is 0 Å². The molecule has 1 amide bonds. The Morgan fingerprint density at radius 3 is 2.65 bits per heavy atom. The van der Waals surface area contributed by atoms with E-state index in [1.54, 1.807) is 0 Å². The van der Waals surface area contributed by atoms with Gasteiger partial charge in [0.25, 0.3) is 5.91 Å². The highest BCUT2D eigenvalue weighted by Gasteiger charge is 2.14. The van der Waals surface area contributed by atoms with Crippen molar-refractivity contribution in [3.05, 3.63) is 22.7 Å². The van der Waals surface area contributed by atoms with Gasteiger partial charge in [0.1, 0.15) is 6.61 Å². The first-order valence-electron chi connectivity index (χ1n) is 5.08. The van der Waals surface area contributed by atoms with E-state index in [1.807, 2.05) is 19.0 Å². The van der Waals surface area contributed by atoms with E-state index in [9.17, 15) is 4.79 Å². The van der Waals surface area contributed by atoms with Crippen LogP contribution in [0.2, 0.25) is 5.02 Å². The Balaban J connectivity index is 2.92. The van der Waals surface area contributed by atoms with Gasteiger partial charge >= 0.3 is 0 Å². The molecule has 0 radical (unpaired) electrons. The highest BCUT2D eigenvalue weighted by molar-refractivity contribution is 6.33. The number of likely N-dealkylation sites (N-methyl/N-ethyl adjacent to an activating group) is 1. The number of halogens is 1. The fourth-order valence-corrected chi connectivity index (χ4v) is 1.56. The number of benzene rings is 1. The smallest absolute Gasteiger partial charge is 0.252 e. The van der Waals surface area contributed by atoms with Gasteiger partial charge in [-0.05, 0) is 26.2 Å². The third-order valence-corrected chi connectivity index (χ3v) is 2.40. The molecule has 94 valence electrons. The molecule has 1 rings (SSSR count). The van der Waals surface area contributed by atoms with Crippen LogP contribution in [0.5, 0.6) is 5.75 Å². The zero-order chi connectivity index (χ0) is 13.0. The number of ether oxygens (including phenoxy) is 1. The van der Waals surface area contributed by atoms with Gasteiger partial charge in [-0.25, -0.2) is 0 Å². The molecule has 0 aliphatic heterocycles. The molecule has 0 aliphatic rings. The Kier molecular flexibility index (Phi) is 4.60. The highest BCUT2D eigenvalue weighted by Crippen LogP contribution is 2.31. The summed E-state index contributed by atoms with van der Waals surface area (Å²) in [5, 5.41) is 0.289. The topological polar surface area (TPSA) is 81.6 Å². The number of carbonyl (C=O) groups excluding carboxylic acids is 1. The van der Waals surface area contributed by atoms with Gasteiger partial charge < -0.3 is 21.1 Å². The number of nitrogens with two attached hydrogens (primary N) is 2. The molecule has 4 N–H and O–H groups in total. The summed E-state index contributed by atoms with van der Waals surface area (Å²) in [6.07, 6.45) is 0. The maximum Gasteiger partial charge on any atom is 0.252 e. The van der Waals surface area contributed by atoms with Crippen LogP contribution >= 0.6 is 11.6 Å². The van der Waals surface area contributed by atoms with Gasteiger partial charge in [0.05, 0.1) is 10.6 Å². The number of nitrogens with zero attached hydrogens (tertiary/aromatic N) is 1. The molecule has 1 aromatic rings. The van der Waals surface area contributed by atoms with Gasteiger partial charge in [0.2, 0.25) is 0 Å². The van der Waals surface area contributed by atoms with Crippen LogP contribution < -0.4 is 16.2 Å². The lowest BCUT2D eigenvalue weighted by Crippen LogP contribution is -2.21. The van der Waals surface area contributed by atoms with Gasteiger partial charge in [-0.1, -0.05) is 11.6 Å². The minimum atomic E-state index is -0.612. The summed E-state index contributed by atoms with van der Waals surface area (Å²) in [6.45, 7) is 1.12. The molecule has 1 aromatic carbocycles. The number of amides is 1. The van der Waals surface area contributed by atoms with Crippen molar-refractivity contribution >= 4 is 23.2 Å². The van der Waals surface area contributed by atoms with E-state index in [0.717, 1.165) is 0 Å². The number of hydrogen-bond acceptors (Lipinski definition) is 4. The minimum Gasteiger partial charge on any atom is -0.490 e. The minimum absolute atomic E-state index is 0.203. The molecule has 0 saturated heterocycles. The van der Waals surface area contributed by atoms with E-state index >= 15 is 0 Å². The van der Waals surface area contributed by atoms with Gasteiger partial charge in [-0.2, -0.15) is 0 Å². The predicted molar refractivity (Wildman–Crippen MR) is 68.4 cm³/mol. The van der Waals surface area contributed by atoms with Crippen LogP contribution in [0.3, 0.4) is 0 Å². The molecule has 0 aliphatic carbocycles. The second kappa shape index (κ2) is 5.75. The molecule has 0 heterocycles. The number of primary amides is 1. The molecule has 0 saturated carbocycles. The zero-order valence-electron chi connectivity index (χ0n) is 9.87. The average molecular weight is 258 g/mol. The molecule has 0 spiro atoms. The molecule has 0 atom stereocenters. The van der Waals surface area contributed by atoms with E-state index < -0.39 is 5.91 Å². The molecular weight excluding hydrogens is 242 g/mol. The number of anilines is 1. The van der Waals surface area contributed by atoms with E-state index in [0.29, 0.717) is 18.8 Å². The van der Waals surface area contributed by atoms with Gasteiger partial charge in [-0.15, -0.1) is 0 Å². The second-order valence-corrected chi connectivity index (χ2v) is 4.30. The number of rotatable bonds is 5. The summed E-state index contributed by atoms with van der Waals surface area (Å²) in [5.74, 6) is -0.325. The summed E-state index contributed by atoms with van der Waals surface area (Å²) >= 11 is 5.97. The van der Waals surface area contributed by atoms with E-state index in [2.05, 4.69) is 0 Å². The highest BCUT2D eigenvalue weighted by atomic mass is 35.5. The fourth-order valence-electron chi connectivity index (χ4n) is 1.27. The number of nitrogen functional groups attached to an aromatic ring is 1. The zero-order valence-corrected chi connectivity index (χ0v) is 10.6. The molecular formula is C11H16ClN3O2. The first kappa shape index (κ1) is 13.6. The van der Waals surface area contributed by atoms with Crippen LogP contribution in [0.25, 0.3) is 0 Å². The molecule has 0 aromatic heterocycles. The molecule has 0 bridgehead atoms. The maximum atomic E-state index is 11.2. The summed E-state index contributed by atoms with van der Waals surface area (Å²) < 4.78 is 5.47. The van der Waals surface area contributed by atoms with Gasteiger partial charge in [0.15, 0.2) is 5.75 Å².